The minimum Gasteiger partial charge on any atom is -0.468 e. The maximum Gasteiger partial charge on any atom is 0.345 e. The third kappa shape index (κ3) is 6.40. The number of nitrogens with zero attached hydrogens (tertiary/aromatic N) is 1. The predicted molar refractivity (Wildman–Crippen MR) is 76.7 cm³/mol. The molecule has 7 nitrogen and oxygen atoms in total. The largest absolute Gasteiger partial charge is 0.468 e. The van der Waals surface area contributed by atoms with Gasteiger partial charge < -0.3 is 15.4 Å². The van der Waals surface area contributed by atoms with E-state index in [-0.39, 0.29) is 18.1 Å². The SMILES string of the molecule is CNC(=O)N=C(NC(=O)NC1CCCCCCC1)OC. The number of urea groups is 2. The van der Waals surface area contributed by atoms with Crippen LogP contribution < -0.4 is 16.0 Å². The number of carbonyl (C=O) groups excluding carboxylic acids is 2. The molecule has 1 saturated carbocycles. The molecule has 1 aliphatic rings. The molecule has 0 atom stereocenters. The highest BCUT2D eigenvalue weighted by molar-refractivity contribution is 5.98. The number of hydrogen-bond donors (Lipinski definition) is 3. The van der Waals surface area contributed by atoms with E-state index in [1.165, 1.54) is 33.4 Å². The average molecular weight is 284 g/mol. The summed E-state index contributed by atoms with van der Waals surface area (Å²) in [5.74, 6) is 0. The van der Waals surface area contributed by atoms with Crippen molar-refractivity contribution in [2.45, 2.75) is 51.0 Å². The van der Waals surface area contributed by atoms with Crippen LogP contribution in [0.4, 0.5) is 9.59 Å². The van der Waals surface area contributed by atoms with Gasteiger partial charge in [0.25, 0.3) is 0 Å². The molecule has 0 aromatic rings. The van der Waals surface area contributed by atoms with Gasteiger partial charge in [0.15, 0.2) is 0 Å². The van der Waals surface area contributed by atoms with Crippen molar-refractivity contribution in [3.05, 3.63) is 0 Å². The molecule has 0 unspecified atom stereocenters. The molecule has 0 bridgehead atoms. The van der Waals surface area contributed by atoms with Gasteiger partial charge >= 0.3 is 18.1 Å². The number of nitrogens with one attached hydrogen (secondary N) is 3. The molecule has 20 heavy (non-hydrogen) atoms. The van der Waals surface area contributed by atoms with Gasteiger partial charge in [0.05, 0.1) is 7.11 Å². The van der Waals surface area contributed by atoms with Crippen LogP contribution in [-0.4, -0.2) is 38.3 Å². The first-order valence-electron chi connectivity index (χ1n) is 7.07. The number of ether oxygens (including phenoxy) is 1. The minimum atomic E-state index is -0.576. The Kier molecular flexibility index (Phi) is 7.46. The monoisotopic (exact) mass is 284 g/mol. The Bertz CT molecular complexity index is 350. The zero-order valence-corrected chi connectivity index (χ0v) is 12.2. The fraction of sp³-hybridized carbons (Fsp3) is 0.769. The van der Waals surface area contributed by atoms with E-state index in [1.54, 1.807) is 0 Å². The molecule has 1 fully saturated rings. The summed E-state index contributed by atoms with van der Waals surface area (Å²) in [5.41, 5.74) is 0. The van der Waals surface area contributed by atoms with Gasteiger partial charge in [0.2, 0.25) is 0 Å². The molecule has 3 N–H and O–H groups in total. The van der Waals surface area contributed by atoms with Gasteiger partial charge in [0.1, 0.15) is 0 Å². The van der Waals surface area contributed by atoms with Gasteiger partial charge in [-0.3, -0.25) is 5.32 Å². The van der Waals surface area contributed by atoms with Crippen LogP contribution >= 0.6 is 0 Å². The average Bonchev–Trinajstić information content (AvgIpc) is 2.40. The van der Waals surface area contributed by atoms with Gasteiger partial charge in [-0.1, -0.05) is 32.1 Å². The normalized spacial score (nSPS) is 17.6. The third-order valence-electron chi connectivity index (χ3n) is 3.27. The van der Waals surface area contributed by atoms with E-state index in [2.05, 4.69) is 20.9 Å². The summed E-state index contributed by atoms with van der Waals surface area (Å²) in [4.78, 5) is 26.5. The van der Waals surface area contributed by atoms with E-state index in [0.29, 0.717) is 0 Å². The van der Waals surface area contributed by atoms with Crippen molar-refractivity contribution in [3.8, 4) is 0 Å². The summed E-state index contributed by atoms with van der Waals surface area (Å²) < 4.78 is 4.84. The lowest BCUT2D eigenvalue weighted by atomic mass is 9.97. The van der Waals surface area contributed by atoms with E-state index in [0.717, 1.165) is 25.7 Å². The van der Waals surface area contributed by atoms with Gasteiger partial charge in [-0.2, -0.15) is 0 Å². The molecule has 0 aromatic heterocycles. The van der Waals surface area contributed by atoms with Crippen molar-refractivity contribution in [3.63, 3.8) is 0 Å². The van der Waals surface area contributed by atoms with Crippen molar-refractivity contribution >= 4 is 18.1 Å². The van der Waals surface area contributed by atoms with E-state index >= 15 is 0 Å². The summed E-state index contributed by atoms with van der Waals surface area (Å²) >= 11 is 0. The molecule has 4 amide bonds. The fourth-order valence-corrected chi connectivity index (χ4v) is 2.19. The molecule has 0 aliphatic heterocycles. The quantitative estimate of drug-likeness (QED) is 0.506. The van der Waals surface area contributed by atoms with Gasteiger partial charge in [-0.25, -0.2) is 9.59 Å². The van der Waals surface area contributed by atoms with Crippen molar-refractivity contribution in [1.29, 1.82) is 0 Å². The highest BCUT2D eigenvalue weighted by Crippen LogP contribution is 2.16. The zero-order valence-electron chi connectivity index (χ0n) is 12.2. The van der Waals surface area contributed by atoms with Crippen molar-refractivity contribution in [1.82, 2.24) is 16.0 Å². The van der Waals surface area contributed by atoms with Gasteiger partial charge in [-0.15, -0.1) is 4.99 Å². The smallest absolute Gasteiger partial charge is 0.345 e. The molecule has 0 heterocycles. The van der Waals surface area contributed by atoms with Crippen LogP contribution in [0.1, 0.15) is 44.9 Å². The number of carbonyl (C=O) groups is 2. The number of methoxy groups -OCH3 is 1. The maximum atomic E-state index is 11.8. The molecule has 0 radical (unpaired) electrons. The summed E-state index contributed by atoms with van der Waals surface area (Å²) in [7, 11) is 2.80. The summed E-state index contributed by atoms with van der Waals surface area (Å²) in [6, 6.07) is -0.908. The second-order valence-corrected chi connectivity index (χ2v) is 4.82. The fourth-order valence-electron chi connectivity index (χ4n) is 2.19. The van der Waals surface area contributed by atoms with Crippen LogP contribution in [-0.2, 0) is 4.74 Å². The molecule has 0 spiro atoms. The first kappa shape index (κ1) is 16.3. The maximum absolute atomic E-state index is 11.8. The van der Waals surface area contributed by atoms with Crippen LogP contribution in [0.25, 0.3) is 0 Å². The Morgan fingerprint density at radius 1 is 1.10 bits per heavy atom. The Balaban J connectivity index is 2.44. The lowest BCUT2D eigenvalue weighted by molar-refractivity contribution is 0.235. The topological polar surface area (TPSA) is 91.8 Å². The minimum absolute atomic E-state index is 0.118. The number of aliphatic imine (C=N–C) groups is 1. The Morgan fingerprint density at radius 3 is 2.25 bits per heavy atom. The van der Waals surface area contributed by atoms with Crippen LogP contribution in [0.3, 0.4) is 0 Å². The van der Waals surface area contributed by atoms with Crippen LogP contribution in [0, 0.1) is 0 Å². The second-order valence-electron chi connectivity index (χ2n) is 4.82. The highest BCUT2D eigenvalue weighted by Gasteiger charge is 2.15. The molecule has 1 aliphatic carbocycles. The van der Waals surface area contributed by atoms with Gasteiger partial charge in [0, 0.05) is 13.1 Å². The Labute approximate surface area is 119 Å². The summed E-state index contributed by atoms with van der Waals surface area (Å²) in [5, 5.41) is 7.65. The second kappa shape index (κ2) is 9.17. The first-order valence-corrected chi connectivity index (χ1v) is 7.07. The van der Waals surface area contributed by atoms with E-state index in [1.807, 2.05) is 0 Å². The molecular weight excluding hydrogens is 260 g/mol. The Hall–Kier alpha value is -1.79. The van der Waals surface area contributed by atoms with Crippen LogP contribution in [0.5, 0.6) is 0 Å². The van der Waals surface area contributed by atoms with Crippen molar-refractivity contribution < 1.29 is 14.3 Å². The number of amides is 4. The Morgan fingerprint density at radius 2 is 1.70 bits per heavy atom. The summed E-state index contributed by atoms with van der Waals surface area (Å²) in [6.07, 6.45) is 7.97. The van der Waals surface area contributed by atoms with Crippen LogP contribution in [0.15, 0.2) is 4.99 Å². The predicted octanol–water partition coefficient (Wildman–Crippen LogP) is 1.74. The zero-order chi connectivity index (χ0) is 14.8. The number of amidine groups is 1. The molecular formula is C13H24N4O3. The lowest BCUT2D eigenvalue weighted by Gasteiger charge is -2.21. The highest BCUT2D eigenvalue weighted by atomic mass is 16.5. The van der Waals surface area contributed by atoms with Crippen LogP contribution in [0.2, 0.25) is 0 Å². The third-order valence-corrected chi connectivity index (χ3v) is 3.27. The van der Waals surface area contributed by atoms with Crippen molar-refractivity contribution in [2.75, 3.05) is 14.2 Å². The van der Waals surface area contributed by atoms with Crippen molar-refractivity contribution in [2.24, 2.45) is 4.99 Å². The molecule has 1 rings (SSSR count). The molecule has 0 aromatic carbocycles. The van der Waals surface area contributed by atoms with Gasteiger partial charge in [-0.05, 0) is 12.8 Å². The standard InChI is InChI=1S/C13H24N4O3/c1-14-11(18)16-13(20-2)17-12(19)15-10-8-6-4-3-5-7-9-10/h10H,3-9H2,1-2H3,(H3,14,15,16,17,18,19). The summed E-state index contributed by atoms with van der Waals surface area (Å²) in [6.45, 7) is 0. The molecule has 0 saturated heterocycles. The number of rotatable bonds is 1. The van der Waals surface area contributed by atoms with E-state index in [9.17, 15) is 9.59 Å². The van der Waals surface area contributed by atoms with E-state index < -0.39 is 6.03 Å². The number of hydrogen-bond acceptors (Lipinski definition) is 3. The van der Waals surface area contributed by atoms with E-state index in [4.69, 9.17) is 4.74 Å². The molecule has 114 valence electrons. The lowest BCUT2D eigenvalue weighted by Crippen LogP contribution is -2.45. The first-order chi connectivity index (χ1) is 9.65. The molecule has 7 heteroatoms.